The average Bonchev–Trinajstić information content (AvgIpc) is 2.80. The van der Waals surface area contributed by atoms with Gasteiger partial charge in [-0.1, -0.05) is 30.7 Å². The summed E-state index contributed by atoms with van der Waals surface area (Å²) in [5, 5.41) is 4.79. The topological polar surface area (TPSA) is 24.9 Å². The first-order chi connectivity index (χ1) is 9.70. The molecule has 1 aliphatic rings. The second-order valence-corrected chi connectivity index (χ2v) is 7.12. The number of allylic oxidation sites excluding steroid dienone is 2. The largest absolute Gasteiger partial charge is 0.310 e. The van der Waals surface area contributed by atoms with Gasteiger partial charge in [-0.15, -0.1) is 11.3 Å². The van der Waals surface area contributed by atoms with Crippen LogP contribution in [0.5, 0.6) is 0 Å². The molecule has 3 rings (SSSR count). The van der Waals surface area contributed by atoms with E-state index < -0.39 is 0 Å². The maximum Gasteiger partial charge on any atom is 0.108 e. The molecule has 20 heavy (non-hydrogen) atoms. The Hall–Kier alpha value is -1.19. The Morgan fingerprint density at radius 1 is 1.35 bits per heavy atom. The molecular weight excluding hydrogens is 264 g/mol. The maximum atomic E-state index is 4.67. The highest BCUT2D eigenvalue weighted by atomic mass is 32.1. The molecule has 1 aliphatic carbocycles. The predicted molar refractivity (Wildman–Crippen MR) is 87.0 cm³/mol. The quantitative estimate of drug-likeness (QED) is 0.844. The lowest BCUT2D eigenvalue weighted by Crippen LogP contribution is -2.25. The molecule has 1 aromatic heterocycles. The van der Waals surface area contributed by atoms with Gasteiger partial charge in [0.15, 0.2) is 0 Å². The summed E-state index contributed by atoms with van der Waals surface area (Å²) >= 11 is 1.80. The van der Waals surface area contributed by atoms with Crippen molar-refractivity contribution in [2.45, 2.75) is 33.2 Å². The molecule has 0 saturated heterocycles. The summed E-state index contributed by atoms with van der Waals surface area (Å²) in [6, 6.07) is 8.37. The average molecular weight is 286 g/mol. The van der Waals surface area contributed by atoms with Gasteiger partial charge in [0.25, 0.3) is 0 Å². The molecule has 0 spiro atoms. The van der Waals surface area contributed by atoms with Crippen molar-refractivity contribution >= 4 is 21.6 Å². The highest BCUT2D eigenvalue weighted by molar-refractivity contribution is 7.18. The van der Waals surface area contributed by atoms with Gasteiger partial charge in [0.2, 0.25) is 0 Å². The summed E-state index contributed by atoms with van der Waals surface area (Å²) in [4.78, 5) is 4.67. The van der Waals surface area contributed by atoms with Gasteiger partial charge in [-0.3, -0.25) is 0 Å². The number of para-hydroxylation sites is 1. The van der Waals surface area contributed by atoms with Crippen molar-refractivity contribution in [2.24, 2.45) is 11.8 Å². The van der Waals surface area contributed by atoms with Gasteiger partial charge in [0.05, 0.1) is 10.2 Å². The van der Waals surface area contributed by atoms with Crippen LogP contribution in [0.1, 0.15) is 31.7 Å². The zero-order chi connectivity index (χ0) is 13.9. The van der Waals surface area contributed by atoms with Crippen molar-refractivity contribution in [3.63, 3.8) is 0 Å². The molecule has 0 saturated carbocycles. The fraction of sp³-hybridized carbons (Fsp3) is 0.471. The first-order valence-electron chi connectivity index (χ1n) is 7.43. The maximum absolute atomic E-state index is 4.67. The number of aromatic nitrogens is 1. The van der Waals surface area contributed by atoms with Crippen LogP contribution >= 0.6 is 11.3 Å². The van der Waals surface area contributed by atoms with Crippen LogP contribution in [0, 0.1) is 11.8 Å². The third kappa shape index (κ3) is 3.28. The van der Waals surface area contributed by atoms with E-state index in [0.29, 0.717) is 0 Å². The van der Waals surface area contributed by atoms with E-state index >= 15 is 0 Å². The molecule has 2 unspecified atom stereocenters. The normalized spacial score (nSPS) is 23.0. The number of nitrogens with zero attached hydrogens (tertiary/aromatic N) is 1. The molecular formula is C17H22N2S. The Morgan fingerprint density at radius 3 is 3.00 bits per heavy atom. The fourth-order valence-corrected chi connectivity index (χ4v) is 4.16. The summed E-state index contributed by atoms with van der Waals surface area (Å²) in [7, 11) is 0. The van der Waals surface area contributed by atoms with Gasteiger partial charge in [-0.25, -0.2) is 4.98 Å². The fourth-order valence-electron chi connectivity index (χ4n) is 3.22. The van der Waals surface area contributed by atoms with Crippen molar-refractivity contribution in [1.29, 1.82) is 0 Å². The monoisotopic (exact) mass is 286 g/mol. The minimum absolute atomic E-state index is 0.734. The van der Waals surface area contributed by atoms with Crippen LogP contribution in [0.25, 0.3) is 10.2 Å². The third-order valence-electron chi connectivity index (χ3n) is 3.93. The minimum atomic E-state index is 0.734. The van der Waals surface area contributed by atoms with Crippen molar-refractivity contribution < 1.29 is 0 Å². The highest BCUT2D eigenvalue weighted by Crippen LogP contribution is 2.27. The molecule has 0 amide bonds. The molecule has 0 fully saturated rings. The summed E-state index contributed by atoms with van der Waals surface area (Å²) in [5.74, 6) is 1.52. The van der Waals surface area contributed by atoms with E-state index in [9.17, 15) is 0 Å². The number of nitrogens with one attached hydrogen (secondary N) is 1. The first-order valence-corrected chi connectivity index (χ1v) is 8.25. The van der Waals surface area contributed by atoms with Gasteiger partial charge in [-0.2, -0.15) is 0 Å². The van der Waals surface area contributed by atoms with Gasteiger partial charge >= 0.3 is 0 Å². The van der Waals surface area contributed by atoms with Crippen LogP contribution in [0.2, 0.25) is 0 Å². The molecule has 0 aliphatic heterocycles. The van der Waals surface area contributed by atoms with E-state index in [1.165, 1.54) is 22.5 Å². The van der Waals surface area contributed by atoms with E-state index in [2.05, 4.69) is 54.5 Å². The van der Waals surface area contributed by atoms with Crippen LogP contribution in [-0.2, 0) is 6.54 Å². The number of hydrogen-bond donors (Lipinski definition) is 1. The van der Waals surface area contributed by atoms with Crippen LogP contribution < -0.4 is 5.32 Å². The van der Waals surface area contributed by atoms with Gasteiger partial charge < -0.3 is 5.32 Å². The molecule has 2 nitrogen and oxygen atoms in total. The Bertz CT molecular complexity index is 581. The van der Waals surface area contributed by atoms with Crippen molar-refractivity contribution in [3.05, 3.63) is 40.9 Å². The number of benzene rings is 1. The smallest absolute Gasteiger partial charge is 0.108 e. The van der Waals surface area contributed by atoms with E-state index in [-0.39, 0.29) is 0 Å². The Kier molecular flexibility index (Phi) is 4.18. The molecule has 3 heteroatoms. The van der Waals surface area contributed by atoms with Gasteiger partial charge in [0.1, 0.15) is 5.01 Å². The molecule has 2 atom stereocenters. The Morgan fingerprint density at radius 2 is 2.20 bits per heavy atom. The SMILES string of the molecule is CC1=CC(C)CC(CNCc2nc3ccccc3s2)C1. The lowest BCUT2D eigenvalue weighted by molar-refractivity contribution is 0.381. The van der Waals surface area contributed by atoms with Crippen molar-refractivity contribution in [3.8, 4) is 0 Å². The number of thiazole rings is 1. The third-order valence-corrected chi connectivity index (χ3v) is 4.97. The second kappa shape index (κ2) is 6.06. The molecule has 1 heterocycles. The van der Waals surface area contributed by atoms with Gasteiger partial charge in [0, 0.05) is 6.54 Å². The molecule has 1 N–H and O–H groups in total. The molecule has 0 radical (unpaired) electrons. The van der Waals surface area contributed by atoms with Crippen LogP contribution in [0.4, 0.5) is 0 Å². The zero-order valence-electron chi connectivity index (χ0n) is 12.2. The Labute approximate surface area is 124 Å². The van der Waals surface area contributed by atoms with Crippen molar-refractivity contribution in [1.82, 2.24) is 10.3 Å². The summed E-state index contributed by atoms with van der Waals surface area (Å²) in [6.45, 7) is 6.58. The minimum Gasteiger partial charge on any atom is -0.310 e. The lowest BCUT2D eigenvalue weighted by Gasteiger charge is -2.25. The van der Waals surface area contributed by atoms with Crippen LogP contribution in [-0.4, -0.2) is 11.5 Å². The lowest BCUT2D eigenvalue weighted by atomic mass is 9.84. The summed E-state index contributed by atoms with van der Waals surface area (Å²) < 4.78 is 1.29. The number of hydrogen-bond acceptors (Lipinski definition) is 3. The molecule has 106 valence electrons. The summed E-state index contributed by atoms with van der Waals surface area (Å²) in [5.41, 5.74) is 2.68. The molecule has 0 bridgehead atoms. The molecule has 1 aromatic carbocycles. The van der Waals surface area contributed by atoms with E-state index in [4.69, 9.17) is 0 Å². The summed E-state index contributed by atoms with van der Waals surface area (Å²) in [6.07, 6.45) is 4.98. The highest BCUT2D eigenvalue weighted by Gasteiger charge is 2.17. The van der Waals surface area contributed by atoms with Crippen molar-refractivity contribution in [2.75, 3.05) is 6.54 Å². The first kappa shape index (κ1) is 13.8. The predicted octanol–water partition coefficient (Wildman–Crippen LogP) is 4.38. The van der Waals surface area contributed by atoms with E-state index in [1.54, 1.807) is 16.9 Å². The van der Waals surface area contributed by atoms with E-state index in [0.717, 1.165) is 30.4 Å². The van der Waals surface area contributed by atoms with Crippen LogP contribution in [0.3, 0.4) is 0 Å². The number of rotatable bonds is 4. The second-order valence-electron chi connectivity index (χ2n) is 6.00. The molecule has 2 aromatic rings. The Balaban J connectivity index is 1.54. The number of fused-ring (bicyclic) bond motifs is 1. The van der Waals surface area contributed by atoms with Crippen LogP contribution in [0.15, 0.2) is 35.9 Å². The zero-order valence-corrected chi connectivity index (χ0v) is 13.0. The van der Waals surface area contributed by atoms with Gasteiger partial charge in [-0.05, 0) is 50.3 Å². The standard InChI is InChI=1S/C17H22N2S/c1-12-7-13(2)9-14(8-12)10-18-11-17-19-15-5-3-4-6-16(15)20-17/h3-7,12,14,18H,8-11H2,1-2H3. The van der Waals surface area contributed by atoms with E-state index in [1.807, 2.05) is 0 Å².